The van der Waals surface area contributed by atoms with Gasteiger partial charge in [0.2, 0.25) is 0 Å². The van der Waals surface area contributed by atoms with E-state index in [-0.39, 0.29) is 6.10 Å². The fourth-order valence-electron chi connectivity index (χ4n) is 0.970. The molecule has 0 aliphatic heterocycles. The topological polar surface area (TPSA) is 21.3 Å². The lowest BCUT2D eigenvalue weighted by atomic mass is 10.3. The highest BCUT2D eigenvalue weighted by molar-refractivity contribution is 14.1. The van der Waals surface area contributed by atoms with Gasteiger partial charge < -0.3 is 10.1 Å². The van der Waals surface area contributed by atoms with Gasteiger partial charge in [0.1, 0.15) is 0 Å². The number of rotatable bonds is 4. The van der Waals surface area contributed by atoms with E-state index in [4.69, 9.17) is 16.3 Å². The number of ether oxygens (including phenoxy) is 1. The van der Waals surface area contributed by atoms with Crippen LogP contribution in [0.2, 0.25) is 5.02 Å². The van der Waals surface area contributed by atoms with Crippen LogP contribution >= 0.6 is 34.2 Å². The van der Waals surface area contributed by atoms with Crippen LogP contribution in [-0.2, 0) is 4.74 Å². The summed E-state index contributed by atoms with van der Waals surface area (Å²) in [6.45, 7) is 2.77. The predicted octanol–water partition coefficient (Wildman–Crippen LogP) is 3.39. The number of hydrogen-bond donors (Lipinski definition) is 1. The second-order valence-electron chi connectivity index (χ2n) is 3.05. The maximum Gasteiger partial charge on any atom is 0.0715 e. The first kappa shape index (κ1) is 12.1. The van der Waals surface area contributed by atoms with Crippen LogP contribution in [0.15, 0.2) is 18.2 Å². The van der Waals surface area contributed by atoms with Gasteiger partial charge in [0.05, 0.1) is 16.8 Å². The Hall–Kier alpha value is -0.0000000000000000555. The molecule has 0 saturated heterocycles. The first-order valence-electron chi connectivity index (χ1n) is 4.35. The molecule has 1 unspecified atom stereocenters. The van der Waals surface area contributed by atoms with E-state index in [1.807, 2.05) is 25.1 Å². The van der Waals surface area contributed by atoms with Crippen LogP contribution in [0, 0.1) is 3.57 Å². The van der Waals surface area contributed by atoms with E-state index in [9.17, 15) is 0 Å². The zero-order chi connectivity index (χ0) is 10.6. The SMILES string of the molecule is COC(C)CNc1cc(I)ccc1Cl. The van der Waals surface area contributed by atoms with Crippen LogP contribution in [0.25, 0.3) is 0 Å². The van der Waals surface area contributed by atoms with Crippen molar-refractivity contribution in [1.82, 2.24) is 0 Å². The molecule has 1 atom stereocenters. The maximum absolute atomic E-state index is 6.02. The van der Waals surface area contributed by atoms with Crippen LogP contribution in [0.5, 0.6) is 0 Å². The highest BCUT2D eigenvalue weighted by Gasteiger charge is 2.03. The van der Waals surface area contributed by atoms with E-state index < -0.39 is 0 Å². The largest absolute Gasteiger partial charge is 0.381 e. The predicted molar refractivity (Wildman–Crippen MR) is 69.1 cm³/mol. The zero-order valence-corrected chi connectivity index (χ0v) is 11.1. The number of anilines is 1. The highest BCUT2D eigenvalue weighted by Crippen LogP contribution is 2.23. The van der Waals surface area contributed by atoms with Crippen molar-refractivity contribution in [3.63, 3.8) is 0 Å². The third kappa shape index (κ3) is 3.63. The summed E-state index contributed by atoms with van der Waals surface area (Å²) < 4.78 is 6.30. The molecule has 1 N–H and O–H groups in total. The van der Waals surface area contributed by atoms with Crippen molar-refractivity contribution in [2.75, 3.05) is 19.0 Å². The fourth-order valence-corrected chi connectivity index (χ4v) is 1.65. The normalized spacial score (nSPS) is 12.6. The molecular weight excluding hydrogens is 312 g/mol. The van der Waals surface area contributed by atoms with Crippen LogP contribution in [0.3, 0.4) is 0 Å². The minimum absolute atomic E-state index is 0.184. The number of nitrogens with one attached hydrogen (secondary N) is 1. The molecule has 2 nitrogen and oxygen atoms in total. The summed E-state index contributed by atoms with van der Waals surface area (Å²) in [5, 5.41) is 3.99. The van der Waals surface area contributed by atoms with Crippen molar-refractivity contribution in [3.05, 3.63) is 26.8 Å². The molecule has 0 radical (unpaired) electrons. The Kier molecular flexibility index (Phi) is 4.98. The van der Waals surface area contributed by atoms with Gasteiger partial charge in [0.15, 0.2) is 0 Å². The maximum atomic E-state index is 6.02. The smallest absolute Gasteiger partial charge is 0.0715 e. The summed E-state index contributed by atoms with van der Waals surface area (Å²) in [4.78, 5) is 0. The van der Waals surface area contributed by atoms with E-state index in [1.165, 1.54) is 3.57 Å². The fraction of sp³-hybridized carbons (Fsp3) is 0.400. The molecule has 4 heteroatoms. The summed E-state index contributed by atoms with van der Waals surface area (Å²) in [6.07, 6.45) is 0.184. The summed E-state index contributed by atoms with van der Waals surface area (Å²) in [6, 6.07) is 5.89. The summed E-state index contributed by atoms with van der Waals surface area (Å²) in [7, 11) is 1.70. The average molecular weight is 326 g/mol. The van der Waals surface area contributed by atoms with Crippen molar-refractivity contribution < 1.29 is 4.74 Å². The Morgan fingerprint density at radius 1 is 1.57 bits per heavy atom. The number of hydrogen-bond acceptors (Lipinski definition) is 2. The van der Waals surface area contributed by atoms with Crippen molar-refractivity contribution in [1.29, 1.82) is 0 Å². The lowest BCUT2D eigenvalue weighted by Crippen LogP contribution is -2.18. The molecule has 1 rings (SSSR count). The molecule has 0 saturated carbocycles. The quantitative estimate of drug-likeness (QED) is 0.857. The van der Waals surface area contributed by atoms with Gasteiger partial charge in [-0.1, -0.05) is 11.6 Å². The Balaban J connectivity index is 2.62. The molecule has 1 aromatic carbocycles. The molecule has 0 amide bonds. The molecule has 14 heavy (non-hydrogen) atoms. The van der Waals surface area contributed by atoms with Crippen molar-refractivity contribution >= 4 is 39.9 Å². The monoisotopic (exact) mass is 325 g/mol. The summed E-state index contributed by atoms with van der Waals surface area (Å²) in [5.41, 5.74) is 0.961. The van der Waals surface area contributed by atoms with Crippen molar-refractivity contribution in [3.8, 4) is 0 Å². The van der Waals surface area contributed by atoms with E-state index >= 15 is 0 Å². The van der Waals surface area contributed by atoms with E-state index in [2.05, 4.69) is 27.9 Å². The van der Waals surface area contributed by atoms with Gasteiger partial charge in [-0.25, -0.2) is 0 Å². The van der Waals surface area contributed by atoms with Crippen molar-refractivity contribution in [2.45, 2.75) is 13.0 Å². The van der Waals surface area contributed by atoms with Gasteiger partial charge in [-0.2, -0.15) is 0 Å². The molecule has 0 heterocycles. The van der Waals surface area contributed by atoms with Gasteiger partial charge in [0, 0.05) is 17.2 Å². The minimum Gasteiger partial charge on any atom is -0.381 e. The third-order valence-corrected chi connectivity index (χ3v) is 2.91. The Morgan fingerprint density at radius 2 is 2.29 bits per heavy atom. The van der Waals surface area contributed by atoms with E-state index in [0.717, 1.165) is 17.3 Å². The van der Waals surface area contributed by atoms with Gasteiger partial charge in [0.25, 0.3) is 0 Å². The van der Waals surface area contributed by atoms with Crippen LogP contribution < -0.4 is 5.32 Å². The van der Waals surface area contributed by atoms with Gasteiger partial charge in [-0.15, -0.1) is 0 Å². The summed E-state index contributed by atoms with van der Waals surface area (Å²) >= 11 is 8.27. The molecule has 78 valence electrons. The molecular formula is C10H13ClINO. The number of halogens is 2. The van der Waals surface area contributed by atoms with Gasteiger partial charge >= 0.3 is 0 Å². The third-order valence-electron chi connectivity index (χ3n) is 1.91. The molecule has 1 aromatic rings. The lowest BCUT2D eigenvalue weighted by molar-refractivity contribution is 0.129. The number of benzene rings is 1. The average Bonchev–Trinajstić information content (AvgIpc) is 2.19. The number of methoxy groups -OCH3 is 1. The van der Waals surface area contributed by atoms with Crippen molar-refractivity contribution in [2.24, 2.45) is 0 Å². The molecule has 0 aliphatic carbocycles. The zero-order valence-electron chi connectivity index (χ0n) is 8.18. The van der Waals surface area contributed by atoms with Crippen LogP contribution in [-0.4, -0.2) is 19.8 Å². The second-order valence-corrected chi connectivity index (χ2v) is 4.70. The molecule has 0 aliphatic rings. The Bertz CT molecular complexity index is 306. The lowest BCUT2D eigenvalue weighted by Gasteiger charge is -2.13. The van der Waals surface area contributed by atoms with E-state index in [0.29, 0.717) is 0 Å². The Labute approximate surface area is 103 Å². The van der Waals surface area contributed by atoms with Crippen LogP contribution in [0.1, 0.15) is 6.92 Å². The van der Waals surface area contributed by atoms with Gasteiger partial charge in [-0.05, 0) is 47.7 Å². The molecule has 0 aromatic heterocycles. The van der Waals surface area contributed by atoms with E-state index in [1.54, 1.807) is 7.11 Å². The Morgan fingerprint density at radius 3 is 2.93 bits per heavy atom. The minimum atomic E-state index is 0.184. The molecule has 0 bridgehead atoms. The molecule has 0 spiro atoms. The van der Waals surface area contributed by atoms with Crippen LogP contribution in [0.4, 0.5) is 5.69 Å². The van der Waals surface area contributed by atoms with Gasteiger partial charge in [-0.3, -0.25) is 0 Å². The standard InChI is InChI=1S/C10H13ClINO/c1-7(14-2)6-13-10-5-8(12)3-4-9(10)11/h3-5,7,13H,6H2,1-2H3. The molecule has 0 fully saturated rings. The highest BCUT2D eigenvalue weighted by atomic mass is 127. The first-order chi connectivity index (χ1) is 6.63. The second kappa shape index (κ2) is 5.78. The first-order valence-corrected chi connectivity index (χ1v) is 5.81. The summed E-state index contributed by atoms with van der Waals surface area (Å²) in [5.74, 6) is 0.